The molecular weight excluding hydrogens is 456 g/mol. The number of nitriles is 1. The summed E-state index contributed by atoms with van der Waals surface area (Å²) in [5.41, 5.74) is 15.6. The van der Waals surface area contributed by atoms with Crippen LogP contribution in [0.4, 0.5) is 29.0 Å². The summed E-state index contributed by atoms with van der Waals surface area (Å²) < 4.78 is 0. The fourth-order valence-electron chi connectivity index (χ4n) is 5.14. The average molecular weight is 487 g/mol. The molecule has 5 rings (SSSR count). The van der Waals surface area contributed by atoms with Gasteiger partial charge in [-0.3, -0.25) is 14.6 Å². The highest BCUT2D eigenvalue weighted by Crippen LogP contribution is 2.44. The topological polar surface area (TPSA) is 149 Å². The first-order valence-electron chi connectivity index (χ1n) is 12.2. The summed E-state index contributed by atoms with van der Waals surface area (Å²) in [5.74, 6) is 1.49. The van der Waals surface area contributed by atoms with Crippen molar-refractivity contribution in [3.05, 3.63) is 41.0 Å². The first-order valence-corrected chi connectivity index (χ1v) is 12.2. The average Bonchev–Trinajstić information content (AvgIpc) is 3.19. The Kier molecular flexibility index (Phi) is 6.12. The van der Waals surface area contributed by atoms with Gasteiger partial charge in [-0.2, -0.15) is 5.26 Å². The molecule has 5 N–H and O–H groups in total. The van der Waals surface area contributed by atoms with Crippen molar-refractivity contribution >= 4 is 45.6 Å². The minimum absolute atomic E-state index is 0.0902. The number of carbonyl (C=O) groups is 1. The molecule has 1 amide bonds. The number of anilines is 5. The van der Waals surface area contributed by atoms with Gasteiger partial charge in [-0.25, -0.2) is 9.97 Å². The number of pyridine rings is 2. The minimum atomic E-state index is -0.139. The molecule has 10 heteroatoms. The highest BCUT2D eigenvalue weighted by molar-refractivity contribution is 6.15. The largest absolute Gasteiger partial charge is 0.395 e. The number of β-amino-alcohol motifs (C(OH)–C–C–N with tert-alkyl or cyclic N) is 1. The van der Waals surface area contributed by atoms with Crippen LogP contribution in [0.3, 0.4) is 0 Å². The molecule has 1 fully saturated rings. The van der Waals surface area contributed by atoms with E-state index in [0.717, 1.165) is 13.1 Å². The molecule has 186 valence electrons. The number of nitrogen functional groups attached to an aromatic ring is 2. The van der Waals surface area contributed by atoms with Crippen LogP contribution in [0, 0.1) is 11.3 Å². The number of nitrogens with zero attached hydrogens (tertiary/aromatic N) is 6. The second kappa shape index (κ2) is 9.26. The second-order valence-corrected chi connectivity index (χ2v) is 9.56. The molecule has 2 aliphatic heterocycles. The molecule has 0 aliphatic carbocycles. The highest BCUT2D eigenvalue weighted by Gasteiger charge is 2.35. The molecule has 0 unspecified atom stereocenters. The Morgan fingerprint density at radius 3 is 2.25 bits per heavy atom. The third kappa shape index (κ3) is 3.86. The molecule has 0 radical (unpaired) electrons. The lowest BCUT2D eigenvalue weighted by Crippen LogP contribution is -2.47. The van der Waals surface area contributed by atoms with Crippen molar-refractivity contribution in [3.8, 4) is 6.07 Å². The number of rotatable bonds is 5. The number of hydrogen-bond donors (Lipinski definition) is 3. The number of hydrogen-bond acceptors (Lipinski definition) is 9. The second-order valence-electron chi connectivity index (χ2n) is 9.56. The number of nitrogens with two attached hydrogens (primary N) is 2. The van der Waals surface area contributed by atoms with Crippen molar-refractivity contribution in [3.63, 3.8) is 0 Å². The van der Waals surface area contributed by atoms with E-state index >= 15 is 0 Å². The van der Waals surface area contributed by atoms with Gasteiger partial charge in [0.15, 0.2) is 0 Å². The summed E-state index contributed by atoms with van der Waals surface area (Å²) in [6.07, 6.45) is 0.0902. The predicted octanol–water partition coefficient (Wildman–Crippen LogP) is 2.12. The minimum Gasteiger partial charge on any atom is -0.395 e. The van der Waals surface area contributed by atoms with Gasteiger partial charge in [0.2, 0.25) is 5.91 Å². The zero-order chi connectivity index (χ0) is 25.6. The first kappa shape index (κ1) is 23.8. The highest BCUT2D eigenvalue weighted by atomic mass is 16.3. The molecule has 2 aliphatic rings. The van der Waals surface area contributed by atoms with E-state index in [1.165, 1.54) is 5.56 Å². The molecule has 4 heterocycles. The van der Waals surface area contributed by atoms with Gasteiger partial charge in [0, 0.05) is 43.7 Å². The van der Waals surface area contributed by atoms with Crippen LogP contribution >= 0.6 is 0 Å². The van der Waals surface area contributed by atoms with E-state index in [0.29, 0.717) is 64.8 Å². The lowest BCUT2D eigenvalue weighted by molar-refractivity contribution is -0.116. The Balaban J connectivity index is 1.64. The van der Waals surface area contributed by atoms with E-state index in [1.54, 1.807) is 4.90 Å². The van der Waals surface area contributed by atoms with Crippen molar-refractivity contribution in [1.29, 1.82) is 5.26 Å². The Morgan fingerprint density at radius 2 is 1.67 bits per heavy atom. The van der Waals surface area contributed by atoms with Crippen molar-refractivity contribution in [1.82, 2.24) is 14.9 Å². The van der Waals surface area contributed by atoms with Gasteiger partial charge >= 0.3 is 0 Å². The Bertz CT molecular complexity index is 1370. The molecule has 10 nitrogen and oxygen atoms in total. The van der Waals surface area contributed by atoms with Crippen LogP contribution in [-0.4, -0.2) is 65.2 Å². The monoisotopic (exact) mass is 486 g/mol. The van der Waals surface area contributed by atoms with E-state index in [-0.39, 0.29) is 30.6 Å². The fraction of sp³-hybridized carbons (Fsp3) is 0.385. The van der Waals surface area contributed by atoms with E-state index in [4.69, 9.17) is 11.5 Å². The van der Waals surface area contributed by atoms with Crippen molar-refractivity contribution in [2.45, 2.75) is 26.2 Å². The van der Waals surface area contributed by atoms with Crippen LogP contribution in [0.5, 0.6) is 0 Å². The third-order valence-electron chi connectivity index (χ3n) is 7.07. The number of fused-ring (bicyclic) bond motifs is 3. The number of benzene rings is 1. The molecule has 0 spiro atoms. The van der Waals surface area contributed by atoms with E-state index in [9.17, 15) is 15.2 Å². The Hall–Kier alpha value is -3.94. The number of amides is 1. The normalized spacial score (nSPS) is 16.1. The lowest BCUT2D eigenvalue weighted by Gasteiger charge is -2.35. The van der Waals surface area contributed by atoms with Crippen molar-refractivity contribution in [2.24, 2.45) is 0 Å². The molecule has 0 atom stereocenters. The summed E-state index contributed by atoms with van der Waals surface area (Å²) in [6.45, 7) is 7.70. The number of aliphatic hydroxyl groups excluding tert-OH is 1. The zero-order valence-corrected chi connectivity index (χ0v) is 20.5. The van der Waals surface area contributed by atoms with Crippen LogP contribution in [-0.2, 0) is 11.2 Å². The van der Waals surface area contributed by atoms with Crippen LogP contribution in [0.15, 0.2) is 24.3 Å². The summed E-state index contributed by atoms with van der Waals surface area (Å²) >= 11 is 0. The quantitative estimate of drug-likeness (QED) is 0.493. The van der Waals surface area contributed by atoms with Gasteiger partial charge in [0.25, 0.3) is 0 Å². The summed E-state index contributed by atoms with van der Waals surface area (Å²) in [4.78, 5) is 28.2. The Labute approximate surface area is 209 Å². The number of piperazine rings is 1. The molecule has 1 aromatic carbocycles. The number of carbonyl (C=O) groups excluding carboxylic acids is 1. The van der Waals surface area contributed by atoms with Crippen LogP contribution in [0.1, 0.15) is 36.5 Å². The number of aliphatic hydroxyl groups is 1. The third-order valence-corrected chi connectivity index (χ3v) is 7.07. The van der Waals surface area contributed by atoms with Crippen LogP contribution in [0.2, 0.25) is 0 Å². The summed E-state index contributed by atoms with van der Waals surface area (Å²) in [7, 11) is 0. The summed E-state index contributed by atoms with van der Waals surface area (Å²) in [6, 6.07) is 10.2. The van der Waals surface area contributed by atoms with Gasteiger partial charge < -0.3 is 21.5 Å². The lowest BCUT2D eigenvalue weighted by atomic mass is 10.00. The van der Waals surface area contributed by atoms with Crippen molar-refractivity contribution < 1.29 is 9.90 Å². The maximum Gasteiger partial charge on any atom is 0.237 e. The SMILES string of the molecule is CC(C)c1ccc(N2C(=O)Cc3c2nc(N)c2c(N)nc(N4CCN(CCO)CC4)c(C#N)c32)cc1. The van der Waals surface area contributed by atoms with E-state index in [2.05, 4.69) is 34.8 Å². The number of aromatic nitrogens is 2. The van der Waals surface area contributed by atoms with E-state index < -0.39 is 0 Å². The predicted molar refractivity (Wildman–Crippen MR) is 140 cm³/mol. The first-order chi connectivity index (χ1) is 17.3. The molecule has 0 saturated carbocycles. The molecule has 2 aromatic heterocycles. The maximum atomic E-state index is 13.3. The van der Waals surface area contributed by atoms with Gasteiger partial charge in [-0.15, -0.1) is 0 Å². The molecule has 36 heavy (non-hydrogen) atoms. The van der Waals surface area contributed by atoms with Gasteiger partial charge in [-0.1, -0.05) is 26.0 Å². The van der Waals surface area contributed by atoms with Gasteiger partial charge in [0.05, 0.1) is 24.1 Å². The molecular formula is C26H30N8O2. The maximum absolute atomic E-state index is 13.3. The smallest absolute Gasteiger partial charge is 0.237 e. The summed E-state index contributed by atoms with van der Waals surface area (Å²) in [5, 5.41) is 20.5. The van der Waals surface area contributed by atoms with E-state index in [1.807, 2.05) is 29.2 Å². The van der Waals surface area contributed by atoms with Crippen LogP contribution < -0.4 is 21.3 Å². The standard InChI is InChI=1S/C26H30N8O2/c1-15(2)16-3-5-17(6-4-16)34-20(36)13-18-21-19(14-27)25(33-9-7-32(8-10-33)11-12-35)30-23(28)22(21)24(29)31-26(18)34/h3-6,15,35H,7-13H2,1-2H3,(H2,28,30)(H2,29,31). The zero-order valence-electron chi connectivity index (χ0n) is 20.5. The van der Waals surface area contributed by atoms with Crippen LogP contribution in [0.25, 0.3) is 10.8 Å². The molecule has 0 bridgehead atoms. The van der Waals surface area contributed by atoms with Gasteiger partial charge in [0.1, 0.15) is 34.9 Å². The van der Waals surface area contributed by atoms with Crippen molar-refractivity contribution in [2.75, 3.05) is 60.6 Å². The fourth-order valence-corrected chi connectivity index (χ4v) is 5.14. The van der Waals surface area contributed by atoms with Gasteiger partial charge in [-0.05, 0) is 23.6 Å². The molecule has 3 aromatic rings. The molecule has 1 saturated heterocycles. The Morgan fingerprint density at radius 1 is 1.03 bits per heavy atom.